The first kappa shape index (κ1) is 23.0. The zero-order valence-corrected chi connectivity index (χ0v) is 20.9. The molecular weight excluding hydrogens is 476 g/mol. The SMILES string of the molecule is Cc1c(-c2ccc(N3CCC(O)CC3)nc2)sc2c(N3CCOCC3)nc(-c3cnc(N)nc3)nc12. The Balaban J connectivity index is 1.41. The van der Waals surface area contributed by atoms with Crippen molar-refractivity contribution in [3.05, 3.63) is 36.3 Å². The highest BCUT2D eigenvalue weighted by Crippen LogP contribution is 2.42. The van der Waals surface area contributed by atoms with Gasteiger partial charge >= 0.3 is 0 Å². The second-order valence-electron chi connectivity index (χ2n) is 9.16. The predicted octanol–water partition coefficient (Wildman–Crippen LogP) is 2.90. The summed E-state index contributed by atoms with van der Waals surface area (Å²) in [4.78, 5) is 28.6. The van der Waals surface area contributed by atoms with Crippen molar-refractivity contribution in [1.82, 2.24) is 24.9 Å². The molecule has 0 atom stereocenters. The van der Waals surface area contributed by atoms with Gasteiger partial charge < -0.3 is 25.4 Å². The van der Waals surface area contributed by atoms with E-state index in [0.29, 0.717) is 19.0 Å². The van der Waals surface area contributed by atoms with Gasteiger partial charge in [-0.25, -0.2) is 24.9 Å². The smallest absolute Gasteiger partial charge is 0.219 e. The molecule has 0 radical (unpaired) electrons. The molecule has 10 nitrogen and oxygen atoms in total. The number of morpholine rings is 1. The lowest BCUT2D eigenvalue weighted by molar-refractivity contribution is 0.122. The molecule has 6 heterocycles. The number of aryl methyl sites for hydroxylation is 1. The van der Waals surface area contributed by atoms with Crippen LogP contribution in [0.25, 0.3) is 32.0 Å². The van der Waals surface area contributed by atoms with E-state index < -0.39 is 0 Å². The van der Waals surface area contributed by atoms with E-state index in [1.165, 1.54) is 0 Å². The van der Waals surface area contributed by atoms with Crippen molar-refractivity contribution in [2.75, 3.05) is 54.9 Å². The summed E-state index contributed by atoms with van der Waals surface area (Å²) in [5.74, 6) is 2.66. The van der Waals surface area contributed by atoms with Gasteiger partial charge in [0.25, 0.3) is 0 Å². The van der Waals surface area contributed by atoms with Crippen molar-refractivity contribution in [3.63, 3.8) is 0 Å². The van der Waals surface area contributed by atoms with Crippen LogP contribution < -0.4 is 15.5 Å². The fraction of sp³-hybridized carbons (Fsp3) is 0.400. The number of nitrogen functional groups attached to an aromatic ring is 1. The van der Waals surface area contributed by atoms with Crippen molar-refractivity contribution >= 4 is 39.1 Å². The summed E-state index contributed by atoms with van der Waals surface area (Å²) in [7, 11) is 0. The summed E-state index contributed by atoms with van der Waals surface area (Å²) in [6, 6.07) is 4.20. The van der Waals surface area contributed by atoms with E-state index >= 15 is 0 Å². The van der Waals surface area contributed by atoms with Gasteiger partial charge in [0.2, 0.25) is 5.95 Å². The van der Waals surface area contributed by atoms with E-state index in [2.05, 4.69) is 38.8 Å². The van der Waals surface area contributed by atoms with Crippen LogP contribution in [-0.4, -0.2) is 75.5 Å². The van der Waals surface area contributed by atoms with Gasteiger partial charge in [0, 0.05) is 55.2 Å². The largest absolute Gasteiger partial charge is 0.393 e. The van der Waals surface area contributed by atoms with Crippen LogP contribution in [-0.2, 0) is 4.74 Å². The number of pyridine rings is 1. The third kappa shape index (κ3) is 4.34. The van der Waals surface area contributed by atoms with Gasteiger partial charge in [0.1, 0.15) is 5.82 Å². The Kier molecular flexibility index (Phi) is 6.12. The number of aromatic nitrogens is 5. The summed E-state index contributed by atoms with van der Waals surface area (Å²) < 4.78 is 6.64. The van der Waals surface area contributed by atoms with Crippen LogP contribution in [0.2, 0.25) is 0 Å². The molecule has 2 saturated heterocycles. The number of aliphatic hydroxyl groups is 1. The van der Waals surface area contributed by atoms with Gasteiger partial charge in [-0.05, 0) is 37.5 Å². The van der Waals surface area contributed by atoms with E-state index in [1.807, 2.05) is 6.20 Å². The van der Waals surface area contributed by atoms with Crippen molar-refractivity contribution in [1.29, 1.82) is 0 Å². The monoisotopic (exact) mass is 504 g/mol. The maximum absolute atomic E-state index is 9.81. The molecule has 0 unspecified atom stereocenters. The molecule has 0 bridgehead atoms. The van der Waals surface area contributed by atoms with Crippen LogP contribution in [0.3, 0.4) is 0 Å². The molecule has 0 aromatic carbocycles. The average Bonchev–Trinajstić information content (AvgIpc) is 3.26. The lowest BCUT2D eigenvalue weighted by Gasteiger charge is -2.30. The number of hydrogen-bond acceptors (Lipinski definition) is 11. The Hall–Kier alpha value is -3.41. The summed E-state index contributed by atoms with van der Waals surface area (Å²) >= 11 is 1.70. The number of piperidine rings is 1. The second kappa shape index (κ2) is 9.57. The van der Waals surface area contributed by atoms with Gasteiger partial charge in [-0.15, -0.1) is 11.3 Å². The number of anilines is 3. The number of ether oxygens (including phenoxy) is 1. The summed E-state index contributed by atoms with van der Waals surface area (Å²) in [5.41, 5.74) is 9.50. The Bertz CT molecular complexity index is 1360. The van der Waals surface area contributed by atoms with Gasteiger partial charge in [-0.2, -0.15) is 0 Å². The van der Waals surface area contributed by atoms with Crippen LogP contribution in [0.15, 0.2) is 30.7 Å². The zero-order valence-electron chi connectivity index (χ0n) is 20.1. The first-order valence-electron chi connectivity index (χ1n) is 12.2. The number of fused-ring (bicyclic) bond motifs is 1. The number of aliphatic hydroxyl groups excluding tert-OH is 1. The average molecular weight is 505 g/mol. The van der Waals surface area contributed by atoms with E-state index in [4.69, 9.17) is 25.4 Å². The topological polar surface area (TPSA) is 126 Å². The summed E-state index contributed by atoms with van der Waals surface area (Å²) in [6.45, 7) is 6.64. The van der Waals surface area contributed by atoms with E-state index in [-0.39, 0.29) is 12.1 Å². The van der Waals surface area contributed by atoms with Crippen molar-refractivity contribution < 1.29 is 9.84 Å². The standard InChI is InChI=1S/C25H28N8O2S/c1-15-20-22(36-21(15)16-2-3-19(27-12-16)32-6-4-18(34)5-7-32)24(33-8-10-35-11-9-33)31-23(30-20)17-13-28-25(26)29-14-17/h2-3,12-14,18,34H,4-11H2,1H3,(H2,26,28,29). The number of rotatable bonds is 4. The molecule has 186 valence electrons. The zero-order chi connectivity index (χ0) is 24.6. The third-order valence-corrected chi connectivity index (χ3v) is 8.11. The highest BCUT2D eigenvalue weighted by atomic mass is 32.1. The maximum atomic E-state index is 9.81. The van der Waals surface area contributed by atoms with Crippen molar-refractivity contribution in [2.45, 2.75) is 25.9 Å². The van der Waals surface area contributed by atoms with Crippen LogP contribution in [0.5, 0.6) is 0 Å². The summed E-state index contributed by atoms with van der Waals surface area (Å²) in [5, 5.41) is 9.81. The molecule has 0 aliphatic carbocycles. The number of thiophene rings is 1. The van der Waals surface area contributed by atoms with Crippen molar-refractivity contribution in [3.8, 4) is 21.8 Å². The maximum Gasteiger partial charge on any atom is 0.219 e. The normalized spacial score (nSPS) is 17.2. The molecule has 6 rings (SSSR count). The molecule has 4 aromatic heterocycles. The molecule has 0 amide bonds. The minimum atomic E-state index is -0.201. The molecular formula is C25H28N8O2S. The molecule has 3 N–H and O–H groups in total. The Labute approximate surface area is 212 Å². The highest BCUT2D eigenvalue weighted by Gasteiger charge is 2.24. The predicted molar refractivity (Wildman–Crippen MR) is 141 cm³/mol. The van der Waals surface area contributed by atoms with Crippen LogP contribution in [0, 0.1) is 6.92 Å². The number of nitrogens with zero attached hydrogens (tertiary/aromatic N) is 7. The quantitative estimate of drug-likeness (QED) is 0.428. The first-order chi connectivity index (χ1) is 17.6. The molecule has 11 heteroatoms. The third-order valence-electron chi connectivity index (χ3n) is 6.79. The number of hydrogen-bond donors (Lipinski definition) is 2. The molecule has 2 fully saturated rings. The molecule has 2 aliphatic heterocycles. The molecule has 2 aliphatic rings. The van der Waals surface area contributed by atoms with Gasteiger partial charge in [-0.3, -0.25) is 0 Å². The van der Waals surface area contributed by atoms with E-state index in [1.54, 1.807) is 23.7 Å². The first-order valence-corrected chi connectivity index (χ1v) is 13.0. The second-order valence-corrected chi connectivity index (χ2v) is 10.2. The molecule has 36 heavy (non-hydrogen) atoms. The van der Waals surface area contributed by atoms with E-state index in [0.717, 1.165) is 82.4 Å². The Morgan fingerprint density at radius 3 is 2.36 bits per heavy atom. The fourth-order valence-electron chi connectivity index (χ4n) is 4.72. The molecule has 0 saturated carbocycles. The fourth-order valence-corrected chi connectivity index (χ4v) is 5.98. The van der Waals surface area contributed by atoms with Gasteiger partial charge in [0.15, 0.2) is 11.6 Å². The van der Waals surface area contributed by atoms with Gasteiger partial charge in [0.05, 0.1) is 35.1 Å². The minimum Gasteiger partial charge on any atom is -0.393 e. The van der Waals surface area contributed by atoms with Crippen LogP contribution in [0.1, 0.15) is 18.4 Å². The lowest BCUT2D eigenvalue weighted by Crippen LogP contribution is -2.36. The Morgan fingerprint density at radius 2 is 1.67 bits per heavy atom. The van der Waals surface area contributed by atoms with Crippen LogP contribution >= 0.6 is 11.3 Å². The Morgan fingerprint density at radius 1 is 0.944 bits per heavy atom. The van der Waals surface area contributed by atoms with E-state index in [9.17, 15) is 5.11 Å². The van der Waals surface area contributed by atoms with Crippen LogP contribution in [0.4, 0.5) is 17.6 Å². The molecule has 4 aromatic rings. The minimum absolute atomic E-state index is 0.201. The summed E-state index contributed by atoms with van der Waals surface area (Å²) in [6.07, 6.45) is 6.63. The number of nitrogens with two attached hydrogens (primary N) is 1. The van der Waals surface area contributed by atoms with Gasteiger partial charge in [-0.1, -0.05) is 0 Å². The lowest BCUT2D eigenvalue weighted by atomic mass is 10.1. The molecule has 0 spiro atoms. The van der Waals surface area contributed by atoms with Crippen molar-refractivity contribution in [2.24, 2.45) is 0 Å². The highest BCUT2D eigenvalue weighted by molar-refractivity contribution is 7.23.